The molecule has 1 aromatic carbocycles. The molecule has 1 aliphatic carbocycles. The highest BCUT2D eigenvalue weighted by Gasteiger charge is 2.32. The molecule has 0 spiro atoms. The Bertz CT molecular complexity index is 1070. The van der Waals surface area contributed by atoms with E-state index >= 15 is 0 Å². The maximum Gasteiger partial charge on any atom is 0.416 e. The Balaban J connectivity index is 1.70. The van der Waals surface area contributed by atoms with Gasteiger partial charge in [-0.1, -0.05) is 0 Å². The SMILES string of the molecule is Cc1cc(C(F)(F)F)cc(O)c1-c1nc2nc(N[C@@H]3CCC[C@@H](O)C3)ccc2n1C. The van der Waals surface area contributed by atoms with Gasteiger partial charge in [-0.05, 0) is 62.4 Å². The molecule has 2 aromatic heterocycles. The minimum absolute atomic E-state index is 0.128. The van der Waals surface area contributed by atoms with Gasteiger partial charge in [0.25, 0.3) is 0 Å². The number of halogens is 3. The zero-order valence-electron chi connectivity index (χ0n) is 16.7. The van der Waals surface area contributed by atoms with Gasteiger partial charge in [0.05, 0.1) is 22.7 Å². The number of rotatable bonds is 3. The van der Waals surface area contributed by atoms with Gasteiger partial charge in [0.15, 0.2) is 5.65 Å². The summed E-state index contributed by atoms with van der Waals surface area (Å²) in [6, 6.07) is 5.49. The molecular formula is C21H23F3N4O2. The number of benzene rings is 1. The molecule has 2 heterocycles. The molecular weight excluding hydrogens is 397 g/mol. The van der Waals surface area contributed by atoms with Crippen molar-refractivity contribution in [1.29, 1.82) is 0 Å². The van der Waals surface area contributed by atoms with Gasteiger partial charge in [0.1, 0.15) is 17.4 Å². The Hall–Kier alpha value is -2.81. The third kappa shape index (κ3) is 3.81. The molecule has 6 nitrogen and oxygen atoms in total. The highest BCUT2D eigenvalue weighted by molar-refractivity contribution is 5.81. The number of pyridine rings is 1. The molecule has 9 heteroatoms. The summed E-state index contributed by atoms with van der Waals surface area (Å²) in [5.74, 6) is 0.487. The first-order valence-electron chi connectivity index (χ1n) is 9.82. The number of alkyl halides is 3. The fraction of sp³-hybridized carbons (Fsp3) is 0.429. The van der Waals surface area contributed by atoms with Crippen molar-refractivity contribution in [2.75, 3.05) is 5.32 Å². The molecule has 0 amide bonds. The van der Waals surface area contributed by atoms with E-state index in [1.54, 1.807) is 11.6 Å². The summed E-state index contributed by atoms with van der Waals surface area (Å²) >= 11 is 0. The van der Waals surface area contributed by atoms with Crippen LogP contribution in [-0.4, -0.2) is 36.9 Å². The maximum atomic E-state index is 13.0. The first kappa shape index (κ1) is 20.5. The van der Waals surface area contributed by atoms with E-state index in [-0.39, 0.29) is 23.3 Å². The van der Waals surface area contributed by atoms with Crippen LogP contribution < -0.4 is 5.32 Å². The zero-order valence-corrected chi connectivity index (χ0v) is 16.7. The fourth-order valence-corrected chi connectivity index (χ4v) is 4.11. The van der Waals surface area contributed by atoms with Crippen molar-refractivity contribution in [3.8, 4) is 17.1 Å². The van der Waals surface area contributed by atoms with Gasteiger partial charge in [-0.3, -0.25) is 0 Å². The summed E-state index contributed by atoms with van der Waals surface area (Å²) in [5, 5.41) is 23.5. The Morgan fingerprint density at radius 3 is 2.60 bits per heavy atom. The van der Waals surface area contributed by atoms with E-state index in [1.807, 2.05) is 12.1 Å². The minimum Gasteiger partial charge on any atom is -0.507 e. The smallest absolute Gasteiger partial charge is 0.416 e. The van der Waals surface area contributed by atoms with Crippen LogP contribution in [0, 0.1) is 6.92 Å². The van der Waals surface area contributed by atoms with Crippen molar-refractivity contribution < 1.29 is 23.4 Å². The number of imidazole rings is 1. The van der Waals surface area contributed by atoms with E-state index in [1.165, 1.54) is 6.92 Å². The van der Waals surface area contributed by atoms with Gasteiger partial charge in [-0.15, -0.1) is 0 Å². The van der Waals surface area contributed by atoms with Crippen molar-refractivity contribution in [1.82, 2.24) is 14.5 Å². The maximum absolute atomic E-state index is 13.0. The average molecular weight is 420 g/mol. The standard InChI is InChI=1S/C21H23F3N4O2/c1-11-8-12(21(22,23)24)9-16(30)18(11)20-27-19-15(28(20)2)6-7-17(26-19)25-13-4-3-5-14(29)10-13/h6-9,13-14,29-30H,3-5,10H2,1-2H3,(H,25,26)/t13-,14-/m1/s1. The van der Waals surface area contributed by atoms with Gasteiger partial charge < -0.3 is 20.1 Å². The predicted molar refractivity (Wildman–Crippen MR) is 107 cm³/mol. The highest BCUT2D eigenvalue weighted by Crippen LogP contribution is 2.39. The second-order valence-corrected chi connectivity index (χ2v) is 7.88. The van der Waals surface area contributed by atoms with Gasteiger partial charge in [0, 0.05) is 13.1 Å². The lowest BCUT2D eigenvalue weighted by molar-refractivity contribution is -0.137. The number of nitrogens with zero attached hydrogens (tertiary/aromatic N) is 3. The number of aromatic nitrogens is 3. The van der Waals surface area contributed by atoms with Gasteiger partial charge >= 0.3 is 6.18 Å². The molecule has 3 aromatic rings. The quantitative estimate of drug-likeness (QED) is 0.586. The van der Waals surface area contributed by atoms with E-state index in [2.05, 4.69) is 15.3 Å². The lowest BCUT2D eigenvalue weighted by Gasteiger charge is -2.26. The number of aliphatic hydroxyl groups excluding tert-OH is 1. The number of aromatic hydroxyl groups is 1. The second-order valence-electron chi connectivity index (χ2n) is 7.88. The Kier molecular flexibility index (Phi) is 5.09. The first-order valence-corrected chi connectivity index (χ1v) is 9.82. The molecule has 3 N–H and O–H groups in total. The number of anilines is 1. The topological polar surface area (TPSA) is 83.2 Å². The molecule has 1 saturated carbocycles. The van der Waals surface area contributed by atoms with Gasteiger partial charge in [-0.25, -0.2) is 9.97 Å². The first-order chi connectivity index (χ1) is 14.1. The molecule has 1 fully saturated rings. The van der Waals surface area contributed by atoms with Crippen molar-refractivity contribution in [2.24, 2.45) is 7.05 Å². The molecule has 2 atom stereocenters. The molecule has 0 unspecified atom stereocenters. The Morgan fingerprint density at radius 2 is 1.93 bits per heavy atom. The van der Waals surface area contributed by atoms with E-state index in [4.69, 9.17) is 0 Å². The number of aryl methyl sites for hydroxylation is 2. The van der Waals surface area contributed by atoms with Crippen LogP contribution in [0.25, 0.3) is 22.6 Å². The summed E-state index contributed by atoms with van der Waals surface area (Å²) in [7, 11) is 1.73. The van der Waals surface area contributed by atoms with Crippen molar-refractivity contribution in [3.05, 3.63) is 35.4 Å². The molecule has 0 bridgehead atoms. The number of phenolic OH excluding ortho intramolecular Hbond substituents is 1. The number of hydrogen-bond donors (Lipinski definition) is 3. The largest absolute Gasteiger partial charge is 0.507 e. The second kappa shape index (κ2) is 7.46. The summed E-state index contributed by atoms with van der Waals surface area (Å²) in [5.41, 5.74) is 0.730. The summed E-state index contributed by atoms with van der Waals surface area (Å²) < 4.78 is 40.8. The monoisotopic (exact) mass is 420 g/mol. The van der Waals surface area contributed by atoms with Crippen LogP contribution in [0.15, 0.2) is 24.3 Å². The van der Waals surface area contributed by atoms with Crippen LogP contribution in [0.1, 0.15) is 36.8 Å². The number of phenols is 1. The Labute approximate surface area is 171 Å². The summed E-state index contributed by atoms with van der Waals surface area (Å²) in [4.78, 5) is 9.02. The molecule has 0 radical (unpaired) electrons. The summed E-state index contributed by atoms with van der Waals surface area (Å²) in [6.07, 6.45) is -1.49. The van der Waals surface area contributed by atoms with Crippen molar-refractivity contribution in [2.45, 2.75) is 50.9 Å². The Morgan fingerprint density at radius 1 is 1.17 bits per heavy atom. The van der Waals surface area contributed by atoms with Gasteiger partial charge in [0.2, 0.25) is 0 Å². The molecule has 4 rings (SSSR count). The van der Waals surface area contributed by atoms with Crippen LogP contribution in [0.4, 0.5) is 19.0 Å². The average Bonchev–Trinajstić information content (AvgIpc) is 2.96. The normalized spacial score (nSPS) is 19.9. The predicted octanol–water partition coefficient (Wildman–Crippen LogP) is 4.38. The van der Waals surface area contributed by atoms with Crippen LogP contribution in [0.2, 0.25) is 0 Å². The number of nitrogens with one attached hydrogen (secondary N) is 1. The van der Waals surface area contributed by atoms with E-state index in [0.29, 0.717) is 29.2 Å². The zero-order chi connectivity index (χ0) is 21.6. The molecule has 160 valence electrons. The molecule has 0 aliphatic heterocycles. The van der Waals surface area contributed by atoms with Gasteiger partial charge in [-0.2, -0.15) is 13.2 Å². The lowest BCUT2D eigenvalue weighted by atomic mass is 9.93. The highest BCUT2D eigenvalue weighted by atomic mass is 19.4. The minimum atomic E-state index is -4.54. The number of hydrogen-bond acceptors (Lipinski definition) is 5. The van der Waals surface area contributed by atoms with Crippen molar-refractivity contribution in [3.63, 3.8) is 0 Å². The molecule has 1 aliphatic rings. The van der Waals surface area contributed by atoms with E-state index in [9.17, 15) is 23.4 Å². The number of aliphatic hydroxyl groups is 1. The third-order valence-electron chi connectivity index (χ3n) is 5.61. The van der Waals surface area contributed by atoms with Crippen molar-refractivity contribution >= 4 is 17.0 Å². The van der Waals surface area contributed by atoms with Crippen LogP contribution >= 0.6 is 0 Å². The lowest BCUT2D eigenvalue weighted by Crippen LogP contribution is -2.30. The molecule has 0 saturated heterocycles. The third-order valence-corrected chi connectivity index (χ3v) is 5.61. The molecule has 30 heavy (non-hydrogen) atoms. The fourth-order valence-electron chi connectivity index (χ4n) is 4.11. The summed E-state index contributed by atoms with van der Waals surface area (Å²) in [6.45, 7) is 1.51. The van der Waals surface area contributed by atoms with E-state index in [0.717, 1.165) is 31.4 Å². The van der Waals surface area contributed by atoms with Crippen LogP contribution in [0.5, 0.6) is 5.75 Å². The van der Waals surface area contributed by atoms with Crippen LogP contribution in [0.3, 0.4) is 0 Å². The van der Waals surface area contributed by atoms with E-state index < -0.39 is 17.5 Å². The van der Waals surface area contributed by atoms with Crippen LogP contribution in [-0.2, 0) is 13.2 Å². The number of fused-ring (bicyclic) bond motifs is 1.